The first kappa shape index (κ1) is 36.7. The second kappa shape index (κ2) is 14.7. The molecule has 0 saturated carbocycles. The monoisotopic (exact) mass is 706 g/mol. The van der Waals surface area contributed by atoms with E-state index in [1.54, 1.807) is 65.9 Å². The number of esters is 2. The summed E-state index contributed by atoms with van der Waals surface area (Å²) in [5.74, 6) is -1.34. The van der Waals surface area contributed by atoms with Crippen LogP contribution in [0.1, 0.15) is 41.5 Å². The van der Waals surface area contributed by atoms with Crippen LogP contribution >= 0.6 is 30.8 Å². The SMILES string of the molecule is CC(C)(C)C(=O)OCOOP(=O)(CN(c1ccc2ncccc2c1)S(=O)(=O)c1cc(Cl)cc(Cl)c1)OOCOC(=O)C(C)(C)C. The van der Waals surface area contributed by atoms with Crippen molar-refractivity contribution < 1.29 is 51.2 Å². The van der Waals surface area contributed by atoms with Crippen LogP contribution < -0.4 is 4.31 Å². The number of fused-ring (bicyclic) bond motifs is 1. The molecule has 0 bridgehead atoms. The van der Waals surface area contributed by atoms with Gasteiger partial charge < -0.3 is 9.47 Å². The number of nitrogens with zero attached hydrogens (tertiary/aromatic N) is 2. The van der Waals surface area contributed by atoms with Crippen LogP contribution in [0.5, 0.6) is 0 Å². The van der Waals surface area contributed by atoms with Gasteiger partial charge in [-0.15, -0.1) is 9.35 Å². The Morgan fingerprint density at radius 2 is 1.38 bits per heavy atom. The van der Waals surface area contributed by atoms with Crippen LogP contribution in [0.4, 0.5) is 5.69 Å². The molecule has 1 aromatic heterocycles. The van der Waals surface area contributed by atoms with E-state index < -0.39 is 60.3 Å². The number of rotatable bonds is 13. The molecular formula is C28H33Cl2N2O11PS. The number of ether oxygens (including phenoxy) is 2. The Labute approximate surface area is 271 Å². The Balaban J connectivity index is 1.99. The van der Waals surface area contributed by atoms with Gasteiger partial charge in [-0.2, -0.15) is 9.78 Å². The van der Waals surface area contributed by atoms with E-state index in [1.807, 2.05) is 0 Å². The van der Waals surface area contributed by atoms with E-state index in [4.69, 9.17) is 51.8 Å². The third-order valence-corrected chi connectivity index (χ3v) is 9.31. The van der Waals surface area contributed by atoms with E-state index in [1.165, 1.54) is 18.2 Å². The molecule has 246 valence electrons. The summed E-state index contributed by atoms with van der Waals surface area (Å²) in [6.45, 7) is 7.92. The smallest absolute Gasteiger partial charge is 0.404 e. The molecule has 0 atom stereocenters. The van der Waals surface area contributed by atoms with Crippen LogP contribution in [0.15, 0.2) is 59.6 Å². The first-order valence-electron chi connectivity index (χ1n) is 13.2. The highest BCUT2D eigenvalue weighted by molar-refractivity contribution is 7.93. The Bertz CT molecular complexity index is 1630. The fourth-order valence-electron chi connectivity index (χ4n) is 3.33. The number of carbonyl (C=O) groups excluding carboxylic acids is 2. The molecule has 17 heteroatoms. The Kier molecular flexibility index (Phi) is 12.0. The zero-order valence-corrected chi connectivity index (χ0v) is 28.5. The van der Waals surface area contributed by atoms with Gasteiger partial charge >= 0.3 is 19.5 Å². The maximum absolute atomic E-state index is 14.1. The van der Waals surface area contributed by atoms with Crippen LogP contribution in [-0.2, 0) is 52.8 Å². The van der Waals surface area contributed by atoms with Crippen molar-refractivity contribution in [1.29, 1.82) is 0 Å². The average molecular weight is 708 g/mol. The van der Waals surface area contributed by atoms with E-state index in [0.29, 0.717) is 15.2 Å². The molecule has 0 spiro atoms. The van der Waals surface area contributed by atoms with Crippen LogP contribution in [0.25, 0.3) is 10.9 Å². The van der Waals surface area contributed by atoms with Crippen molar-refractivity contribution in [2.75, 3.05) is 24.2 Å². The van der Waals surface area contributed by atoms with Gasteiger partial charge in [0, 0.05) is 21.6 Å². The number of aromatic nitrogens is 1. The molecule has 0 N–H and O–H groups in total. The predicted octanol–water partition coefficient (Wildman–Crippen LogP) is 6.88. The van der Waals surface area contributed by atoms with Gasteiger partial charge in [0.15, 0.2) is 0 Å². The molecule has 2 aromatic carbocycles. The fourth-order valence-corrected chi connectivity index (χ4v) is 7.22. The van der Waals surface area contributed by atoms with Gasteiger partial charge in [-0.25, -0.2) is 8.42 Å². The topological polar surface area (TPSA) is 157 Å². The highest BCUT2D eigenvalue weighted by Gasteiger charge is 2.39. The van der Waals surface area contributed by atoms with Crippen molar-refractivity contribution in [2.24, 2.45) is 10.8 Å². The van der Waals surface area contributed by atoms with Crippen molar-refractivity contribution in [3.8, 4) is 0 Å². The van der Waals surface area contributed by atoms with Crippen LogP contribution in [0, 0.1) is 10.8 Å². The zero-order valence-electron chi connectivity index (χ0n) is 25.3. The molecule has 0 aliphatic heterocycles. The summed E-state index contributed by atoms with van der Waals surface area (Å²) in [5, 5.41) is 0.589. The molecule has 0 fully saturated rings. The zero-order chi connectivity index (χ0) is 33.6. The largest absolute Gasteiger partial charge is 0.435 e. The van der Waals surface area contributed by atoms with Crippen molar-refractivity contribution in [1.82, 2.24) is 4.98 Å². The minimum Gasteiger partial charge on any atom is -0.435 e. The third-order valence-electron chi connectivity index (χ3n) is 5.63. The van der Waals surface area contributed by atoms with E-state index in [2.05, 4.69) is 4.98 Å². The van der Waals surface area contributed by atoms with E-state index in [9.17, 15) is 22.6 Å². The number of benzene rings is 2. The Hall–Kier alpha value is -2.81. The molecule has 0 aliphatic rings. The number of sulfonamides is 1. The summed E-state index contributed by atoms with van der Waals surface area (Å²) in [6, 6.07) is 11.4. The molecule has 0 saturated heterocycles. The van der Waals surface area contributed by atoms with Crippen LogP contribution in [0.2, 0.25) is 10.0 Å². The number of pyridine rings is 1. The van der Waals surface area contributed by atoms with Crippen LogP contribution in [0.3, 0.4) is 0 Å². The summed E-state index contributed by atoms with van der Waals surface area (Å²) in [7, 11) is -9.40. The minimum atomic E-state index is -4.81. The quantitative estimate of drug-likeness (QED) is 0.0454. The molecule has 0 radical (unpaired) electrons. The molecular weight excluding hydrogens is 674 g/mol. The van der Waals surface area contributed by atoms with Gasteiger partial charge in [-0.3, -0.25) is 23.4 Å². The number of halogens is 2. The van der Waals surface area contributed by atoms with Crippen molar-refractivity contribution >= 4 is 69.3 Å². The predicted molar refractivity (Wildman–Crippen MR) is 166 cm³/mol. The highest BCUT2D eigenvalue weighted by Crippen LogP contribution is 2.51. The van der Waals surface area contributed by atoms with Gasteiger partial charge in [-0.1, -0.05) is 29.3 Å². The van der Waals surface area contributed by atoms with Gasteiger partial charge in [0.2, 0.25) is 13.6 Å². The normalized spacial score (nSPS) is 12.6. The second-order valence-electron chi connectivity index (χ2n) is 11.6. The average Bonchev–Trinajstić information content (AvgIpc) is 2.94. The molecule has 0 amide bonds. The van der Waals surface area contributed by atoms with E-state index in [0.717, 1.165) is 12.1 Å². The molecule has 45 heavy (non-hydrogen) atoms. The van der Waals surface area contributed by atoms with E-state index in [-0.39, 0.29) is 20.6 Å². The second-order valence-corrected chi connectivity index (χ2v) is 16.1. The summed E-state index contributed by atoms with van der Waals surface area (Å²) in [5.41, 5.74) is -1.22. The maximum atomic E-state index is 14.1. The molecule has 3 rings (SSSR count). The van der Waals surface area contributed by atoms with Crippen molar-refractivity contribution in [3.05, 3.63) is 64.8 Å². The first-order valence-corrected chi connectivity index (χ1v) is 17.1. The summed E-state index contributed by atoms with van der Waals surface area (Å²) < 4.78 is 62.7. The summed E-state index contributed by atoms with van der Waals surface area (Å²) in [6.07, 6.45) is 0.514. The third kappa shape index (κ3) is 10.3. The molecule has 1 heterocycles. The fraction of sp³-hybridized carbons (Fsp3) is 0.393. The molecule has 3 aromatic rings. The molecule has 0 aliphatic carbocycles. The lowest BCUT2D eigenvalue weighted by Crippen LogP contribution is -2.33. The molecule has 13 nitrogen and oxygen atoms in total. The maximum Gasteiger partial charge on any atom is 0.404 e. The molecule has 0 unspecified atom stereocenters. The van der Waals surface area contributed by atoms with Gasteiger partial charge in [0.25, 0.3) is 10.0 Å². The van der Waals surface area contributed by atoms with E-state index >= 15 is 0 Å². The highest BCUT2D eigenvalue weighted by atomic mass is 35.5. The van der Waals surface area contributed by atoms with Crippen LogP contribution in [-0.4, -0.2) is 45.2 Å². The Morgan fingerprint density at radius 1 is 0.844 bits per heavy atom. The number of anilines is 1. The lowest BCUT2D eigenvalue weighted by atomic mass is 9.98. The Morgan fingerprint density at radius 3 is 1.89 bits per heavy atom. The number of carbonyl (C=O) groups is 2. The lowest BCUT2D eigenvalue weighted by molar-refractivity contribution is -0.309. The van der Waals surface area contributed by atoms with Gasteiger partial charge in [-0.05, 0) is 84.0 Å². The van der Waals surface area contributed by atoms with Gasteiger partial charge in [0.05, 0.1) is 26.9 Å². The number of hydrogen-bond acceptors (Lipinski definition) is 12. The number of hydrogen-bond donors (Lipinski definition) is 0. The van der Waals surface area contributed by atoms with Crippen molar-refractivity contribution in [2.45, 2.75) is 46.4 Å². The van der Waals surface area contributed by atoms with Crippen molar-refractivity contribution in [3.63, 3.8) is 0 Å². The minimum absolute atomic E-state index is 0.0114. The summed E-state index contributed by atoms with van der Waals surface area (Å²) >= 11 is 12.2. The summed E-state index contributed by atoms with van der Waals surface area (Å²) in [4.78, 5) is 37.8. The standard InChI is InChI=1S/C28H33Cl2N2O11PS/c1-27(2,3)25(33)38-17-40-42-44(35,43-41-18-39-26(34)28(4,5)6)16-32(22-9-10-24-19(12-22)8-7-11-31-24)45(36,37)23-14-20(29)13-21(30)15-23/h7-15H,16-18H2,1-6H3. The lowest BCUT2D eigenvalue weighted by Gasteiger charge is -2.27. The van der Waals surface area contributed by atoms with Gasteiger partial charge in [0.1, 0.15) is 6.29 Å². The first-order chi connectivity index (χ1) is 20.8.